The molecule has 3 rings (SSSR count). The molecule has 0 saturated heterocycles. The zero-order valence-electron chi connectivity index (χ0n) is 14.3. The monoisotopic (exact) mass is 338 g/mol. The van der Waals surface area contributed by atoms with Gasteiger partial charge in [-0.05, 0) is 65.0 Å². The number of carbonyl (C=O) groups is 1. The first-order valence-corrected chi connectivity index (χ1v) is 9.19. The van der Waals surface area contributed by atoms with Crippen molar-refractivity contribution in [1.82, 2.24) is 0 Å². The van der Waals surface area contributed by atoms with Gasteiger partial charge in [-0.1, -0.05) is 44.2 Å². The molecular formula is C21H22O2S. The van der Waals surface area contributed by atoms with Gasteiger partial charge in [0.15, 0.2) is 0 Å². The van der Waals surface area contributed by atoms with Crippen molar-refractivity contribution in [2.45, 2.75) is 37.5 Å². The molecule has 2 aromatic carbocycles. The minimum atomic E-state index is -0.890. The maximum absolute atomic E-state index is 11.6. The second-order valence-electron chi connectivity index (χ2n) is 6.77. The Morgan fingerprint density at radius 1 is 1.25 bits per heavy atom. The first-order chi connectivity index (χ1) is 11.4. The minimum Gasteiger partial charge on any atom is -0.478 e. The highest BCUT2D eigenvalue weighted by molar-refractivity contribution is 7.99. The molecule has 0 amide bonds. The minimum absolute atomic E-state index is 0.155. The molecular weight excluding hydrogens is 316 g/mol. The number of allylic oxidation sites excluding steroid dienone is 1. The maximum atomic E-state index is 11.6. The van der Waals surface area contributed by atoms with Gasteiger partial charge in [0, 0.05) is 4.90 Å². The number of hydrogen-bond donors (Lipinski definition) is 1. The highest BCUT2D eigenvalue weighted by Gasteiger charge is 2.28. The van der Waals surface area contributed by atoms with Crippen LogP contribution in [0.25, 0.3) is 17.2 Å². The van der Waals surface area contributed by atoms with E-state index in [1.54, 1.807) is 6.07 Å². The number of fused-ring (bicyclic) bond motifs is 1. The standard InChI is InChI=1S/C21H22O2S/c1-4-6-16-15(7-5-8-17(16)20(22)23)14-9-10-19-18(13-14)21(2,3)11-12-24-19/h4-10,13H,11-12H2,1-3H3,(H,22,23). The van der Waals surface area contributed by atoms with Gasteiger partial charge in [-0.3, -0.25) is 0 Å². The van der Waals surface area contributed by atoms with E-state index in [0.717, 1.165) is 28.9 Å². The van der Waals surface area contributed by atoms with Crippen molar-refractivity contribution in [3.63, 3.8) is 0 Å². The van der Waals surface area contributed by atoms with Gasteiger partial charge >= 0.3 is 5.97 Å². The van der Waals surface area contributed by atoms with Crippen LogP contribution in [0.5, 0.6) is 0 Å². The van der Waals surface area contributed by atoms with E-state index in [1.165, 1.54) is 10.5 Å². The average Bonchev–Trinajstić information content (AvgIpc) is 2.55. The Balaban J connectivity index is 2.20. The largest absolute Gasteiger partial charge is 0.478 e. The van der Waals surface area contributed by atoms with Gasteiger partial charge in [0.25, 0.3) is 0 Å². The van der Waals surface area contributed by atoms with Gasteiger partial charge in [0.1, 0.15) is 0 Å². The summed E-state index contributed by atoms with van der Waals surface area (Å²) in [4.78, 5) is 12.9. The molecule has 0 unspecified atom stereocenters. The Bertz CT molecular complexity index is 819. The van der Waals surface area contributed by atoms with Crippen LogP contribution in [0.1, 0.15) is 48.7 Å². The van der Waals surface area contributed by atoms with Crippen LogP contribution in [0.15, 0.2) is 47.4 Å². The number of rotatable bonds is 3. The van der Waals surface area contributed by atoms with Gasteiger partial charge in [0.2, 0.25) is 0 Å². The van der Waals surface area contributed by atoms with Crippen LogP contribution in [-0.4, -0.2) is 16.8 Å². The number of thioether (sulfide) groups is 1. The number of carboxylic acid groups (broad SMARTS) is 1. The molecule has 0 spiro atoms. The molecule has 0 aliphatic carbocycles. The van der Waals surface area contributed by atoms with Crippen molar-refractivity contribution in [1.29, 1.82) is 0 Å². The third kappa shape index (κ3) is 3.01. The van der Waals surface area contributed by atoms with Crippen molar-refractivity contribution >= 4 is 23.8 Å². The Morgan fingerprint density at radius 2 is 2.04 bits per heavy atom. The first kappa shape index (κ1) is 16.8. The van der Waals surface area contributed by atoms with Gasteiger partial charge < -0.3 is 5.11 Å². The van der Waals surface area contributed by atoms with Crippen molar-refractivity contribution in [3.8, 4) is 11.1 Å². The fourth-order valence-electron chi connectivity index (χ4n) is 3.25. The number of carboxylic acids is 1. The number of benzene rings is 2. The molecule has 0 radical (unpaired) electrons. The molecule has 0 fully saturated rings. The van der Waals surface area contributed by atoms with Gasteiger partial charge in [-0.25, -0.2) is 4.79 Å². The molecule has 0 bridgehead atoms. The zero-order valence-corrected chi connectivity index (χ0v) is 15.1. The van der Waals surface area contributed by atoms with Crippen LogP contribution < -0.4 is 0 Å². The molecule has 1 N–H and O–H groups in total. The quantitative estimate of drug-likeness (QED) is 0.762. The normalized spacial score (nSPS) is 16.1. The van der Waals surface area contributed by atoms with Crippen LogP contribution in [0.4, 0.5) is 0 Å². The third-order valence-electron chi connectivity index (χ3n) is 4.67. The smallest absolute Gasteiger partial charge is 0.336 e. The van der Waals surface area contributed by atoms with Crippen molar-refractivity contribution < 1.29 is 9.90 Å². The van der Waals surface area contributed by atoms with E-state index in [9.17, 15) is 9.90 Å². The van der Waals surface area contributed by atoms with E-state index in [-0.39, 0.29) is 5.41 Å². The van der Waals surface area contributed by atoms with Gasteiger partial charge in [0.05, 0.1) is 5.56 Å². The summed E-state index contributed by atoms with van der Waals surface area (Å²) in [6.45, 7) is 6.49. The molecule has 3 heteroatoms. The number of hydrogen-bond acceptors (Lipinski definition) is 2. The molecule has 0 atom stereocenters. The van der Waals surface area contributed by atoms with Crippen LogP contribution in [0.3, 0.4) is 0 Å². The molecule has 24 heavy (non-hydrogen) atoms. The number of aromatic carboxylic acids is 1. The summed E-state index contributed by atoms with van der Waals surface area (Å²) in [5, 5.41) is 9.50. The lowest BCUT2D eigenvalue weighted by Crippen LogP contribution is -2.22. The topological polar surface area (TPSA) is 37.3 Å². The Morgan fingerprint density at radius 3 is 2.75 bits per heavy atom. The van der Waals surface area contributed by atoms with Crippen molar-refractivity contribution in [3.05, 3.63) is 59.2 Å². The van der Waals surface area contributed by atoms with Crippen LogP contribution in [0, 0.1) is 0 Å². The lowest BCUT2D eigenvalue weighted by atomic mass is 9.80. The maximum Gasteiger partial charge on any atom is 0.336 e. The van der Waals surface area contributed by atoms with Crippen LogP contribution in [0.2, 0.25) is 0 Å². The third-order valence-corrected chi connectivity index (χ3v) is 5.75. The molecule has 124 valence electrons. The van der Waals surface area contributed by atoms with Crippen molar-refractivity contribution in [2.75, 3.05) is 5.75 Å². The predicted molar refractivity (Wildman–Crippen MR) is 102 cm³/mol. The Hall–Kier alpha value is -2.00. The second kappa shape index (κ2) is 6.48. The van der Waals surface area contributed by atoms with Gasteiger partial charge in [-0.2, -0.15) is 0 Å². The van der Waals surface area contributed by atoms with E-state index >= 15 is 0 Å². The van der Waals surface area contributed by atoms with Crippen LogP contribution in [-0.2, 0) is 5.41 Å². The summed E-state index contributed by atoms with van der Waals surface area (Å²) in [6, 6.07) is 12.0. The fraction of sp³-hybridized carbons (Fsp3) is 0.286. The molecule has 1 aliphatic rings. The average molecular weight is 338 g/mol. The molecule has 1 aliphatic heterocycles. The summed E-state index contributed by atoms with van der Waals surface area (Å²) in [7, 11) is 0. The van der Waals surface area contributed by atoms with E-state index < -0.39 is 5.97 Å². The van der Waals surface area contributed by atoms with E-state index in [2.05, 4.69) is 32.0 Å². The highest BCUT2D eigenvalue weighted by Crippen LogP contribution is 2.43. The summed E-state index contributed by atoms with van der Waals surface area (Å²) in [5.41, 5.74) is 4.69. The first-order valence-electron chi connectivity index (χ1n) is 8.21. The van der Waals surface area contributed by atoms with E-state index in [1.807, 2.05) is 43.0 Å². The highest BCUT2D eigenvalue weighted by atomic mass is 32.2. The lowest BCUT2D eigenvalue weighted by Gasteiger charge is -2.32. The van der Waals surface area contributed by atoms with E-state index in [0.29, 0.717) is 5.56 Å². The van der Waals surface area contributed by atoms with Gasteiger partial charge in [-0.15, -0.1) is 11.8 Å². The molecule has 1 heterocycles. The predicted octanol–water partition coefficient (Wildman–Crippen LogP) is 5.86. The lowest BCUT2D eigenvalue weighted by molar-refractivity contribution is 0.0696. The molecule has 2 aromatic rings. The SMILES string of the molecule is CC=Cc1c(C(=O)O)cccc1-c1ccc2c(c1)C(C)(C)CCS2. The zero-order chi connectivity index (χ0) is 17.3. The summed E-state index contributed by atoms with van der Waals surface area (Å²) < 4.78 is 0. The van der Waals surface area contributed by atoms with Crippen molar-refractivity contribution in [2.24, 2.45) is 0 Å². The summed E-state index contributed by atoms with van der Waals surface area (Å²) in [5.74, 6) is 0.260. The van der Waals surface area contributed by atoms with E-state index in [4.69, 9.17) is 0 Å². The second-order valence-corrected chi connectivity index (χ2v) is 7.90. The summed E-state index contributed by atoms with van der Waals surface area (Å²) >= 11 is 1.91. The summed E-state index contributed by atoms with van der Waals surface area (Å²) in [6.07, 6.45) is 4.94. The van der Waals surface area contributed by atoms with Crippen LogP contribution >= 0.6 is 11.8 Å². The molecule has 0 saturated carbocycles. The Kier molecular flexibility index (Phi) is 4.55. The molecule has 0 aromatic heterocycles. The molecule has 2 nitrogen and oxygen atoms in total. The fourth-order valence-corrected chi connectivity index (χ4v) is 4.74. The Labute approximate surface area is 147 Å².